The van der Waals surface area contributed by atoms with Gasteiger partial charge in [-0.05, 0) is 77.8 Å². The number of amides is 2. The Morgan fingerprint density at radius 1 is 1.04 bits per heavy atom. The minimum atomic E-state index is -0.477. The summed E-state index contributed by atoms with van der Waals surface area (Å²) in [5, 5.41) is 6.80. The van der Waals surface area contributed by atoms with E-state index in [1.165, 1.54) is 10.1 Å². The van der Waals surface area contributed by atoms with Gasteiger partial charge in [-0.3, -0.25) is 14.3 Å². The Labute approximate surface area is 293 Å². The predicted molar refractivity (Wildman–Crippen MR) is 208 cm³/mol. The fourth-order valence-electron chi connectivity index (χ4n) is 6.17. The molecule has 0 bridgehead atoms. The van der Waals surface area contributed by atoms with Crippen LogP contribution in [0.3, 0.4) is 0 Å². The topological polar surface area (TPSA) is 79.3 Å². The van der Waals surface area contributed by atoms with Gasteiger partial charge in [-0.1, -0.05) is 107 Å². The highest BCUT2D eigenvalue weighted by atomic mass is 16.2. The van der Waals surface area contributed by atoms with Crippen LogP contribution in [0.25, 0.3) is 22.2 Å². The van der Waals surface area contributed by atoms with Crippen molar-refractivity contribution in [3.63, 3.8) is 0 Å². The summed E-state index contributed by atoms with van der Waals surface area (Å²) in [6, 6.07) is 17.2. The van der Waals surface area contributed by atoms with Gasteiger partial charge in [0.1, 0.15) is 11.3 Å². The van der Waals surface area contributed by atoms with Crippen molar-refractivity contribution < 1.29 is 7.65 Å². The van der Waals surface area contributed by atoms with Gasteiger partial charge in [0.05, 0.1) is 6.54 Å². The van der Waals surface area contributed by atoms with Crippen molar-refractivity contribution >= 4 is 28.4 Å². The smallest absolute Gasteiger partial charge is 0.307 e. The number of nitrogens with one attached hydrogen (secondary N) is 2. The highest BCUT2D eigenvalue weighted by Gasteiger charge is 2.22. The van der Waals surface area contributed by atoms with Crippen LogP contribution in [0.15, 0.2) is 102 Å². The number of benzene rings is 2. The Morgan fingerprint density at radius 2 is 1.76 bits per heavy atom. The third kappa shape index (κ3) is 8.46. The number of para-hydroxylation sites is 1. The molecule has 7 heteroatoms. The zero-order chi connectivity index (χ0) is 35.1. The molecule has 1 aliphatic carbocycles. The average molecular weight is 658 g/mol. The third-order valence-electron chi connectivity index (χ3n) is 8.77. The number of likely N-dealkylation sites (N-methyl/N-ethyl adjacent to an activating group) is 1. The molecule has 1 aliphatic rings. The number of hydrogen-bond acceptors (Lipinski definition) is 4. The number of allylic oxidation sites excluding steroid dienone is 4. The molecular formula is C42H51N5O2. The normalized spacial score (nSPS) is 16.8. The van der Waals surface area contributed by atoms with Gasteiger partial charge in [0.15, 0.2) is 0 Å². The molecule has 2 N–H and O–H groups in total. The summed E-state index contributed by atoms with van der Waals surface area (Å²) in [6.45, 7) is 12.0. The Balaban J connectivity index is 0.00000351. The second kappa shape index (κ2) is 15.8. The molecule has 4 aromatic rings. The molecule has 0 aliphatic heterocycles. The van der Waals surface area contributed by atoms with Crippen LogP contribution in [0, 0.1) is 17.8 Å². The van der Waals surface area contributed by atoms with Crippen molar-refractivity contribution in [3.8, 4) is 23.0 Å². The molecule has 1 unspecified atom stereocenters. The van der Waals surface area contributed by atoms with Crippen LogP contribution >= 0.6 is 0 Å². The molecular weight excluding hydrogens is 606 g/mol. The number of aryl methyl sites for hydroxylation is 1. The summed E-state index contributed by atoms with van der Waals surface area (Å²) >= 11 is 0. The van der Waals surface area contributed by atoms with Crippen molar-refractivity contribution in [2.45, 2.75) is 52.9 Å². The van der Waals surface area contributed by atoms with E-state index in [2.05, 4.69) is 104 Å². The molecule has 5 rings (SSSR count). The lowest BCUT2D eigenvalue weighted by molar-refractivity contribution is 0.262. The van der Waals surface area contributed by atoms with E-state index in [1.54, 1.807) is 13.2 Å². The number of aromatic nitrogens is 2. The monoisotopic (exact) mass is 657 g/mol. The number of urea groups is 1. The maximum Gasteiger partial charge on any atom is 0.323 e. The third-order valence-corrected chi connectivity index (χ3v) is 8.77. The maximum atomic E-state index is 13.9. The number of rotatable bonds is 8. The van der Waals surface area contributed by atoms with E-state index in [0.717, 1.165) is 46.3 Å². The van der Waals surface area contributed by atoms with Gasteiger partial charge in [-0.15, -0.1) is 0 Å². The molecule has 2 amide bonds. The van der Waals surface area contributed by atoms with Gasteiger partial charge in [0.2, 0.25) is 0 Å². The van der Waals surface area contributed by atoms with Crippen molar-refractivity contribution in [2.75, 3.05) is 30.8 Å². The summed E-state index contributed by atoms with van der Waals surface area (Å²) in [7, 11) is 3.74. The summed E-state index contributed by atoms with van der Waals surface area (Å²) < 4.78 is 1.48. The van der Waals surface area contributed by atoms with Gasteiger partial charge < -0.3 is 10.6 Å². The molecule has 0 radical (unpaired) electrons. The van der Waals surface area contributed by atoms with E-state index >= 15 is 0 Å². The Morgan fingerprint density at radius 3 is 2.49 bits per heavy atom. The number of pyridine rings is 2. The second-order valence-electron chi connectivity index (χ2n) is 13.5. The number of anilines is 2. The Bertz CT molecular complexity index is 2040. The molecule has 2 aromatic heterocycles. The molecule has 49 heavy (non-hydrogen) atoms. The largest absolute Gasteiger partial charge is 0.323 e. The van der Waals surface area contributed by atoms with Gasteiger partial charge in [-0.2, -0.15) is 0 Å². The minimum absolute atomic E-state index is 0. The average Bonchev–Trinajstić information content (AvgIpc) is 3.06. The SMILES string of the molecule is CC1\C=C/C=C(CN(C)CC#Cc2cccc(-c3c(NC(=O)Nc4c(C(C)C)cccc4C(C)C)c(=O)n(C)c4ncccc34)c2)\C=C\C1.[HH].[HH]. The second-order valence-corrected chi connectivity index (χ2v) is 13.5. The Hall–Kier alpha value is -5.19. The van der Waals surface area contributed by atoms with E-state index in [4.69, 9.17) is 0 Å². The van der Waals surface area contributed by atoms with Crippen LogP contribution in [0.1, 0.15) is 72.4 Å². The Kier molecular flexibility index (Phi) is 11.3. The summed E-state index contributed by atoms with van der Waals surface area (Å²) in [6.07, 6.45) is 13.7. The van der Waals surface area contributed by atoms with Crippen LogP contribution in [-0.2, 0) is 7.05 Å². The first-order valence-electron chi connectivity index (χ1n) is 17.0. The summed E-state index contributed by atoms with van der Waals surface area (Å²) in [5.74, 6) is 7.57. The fourth-order valence-corrected chi connectivity index (χ4v) is 6.17. The highest BCUT2D eigenvalue weighted by Crippen LogP contribution is 2.35. The highest BCUT2D eigenvalue weighted by molar-refractivity contribution is 6.07. The molecule has 0 spiro atoms. The number of nitrogens with zero attached hydrogens (tertiary/aromatic N) is 3. The number of carbonyl (C=O) groups is 1. The van der Waals surface area contributed by atoms with E-state index in [9.17, 15) is 9.59 Å². The standard InChI is InChI=1S/C42H47N5O2.2H2/c1-28(2)34-21-11-22-35(29(3)4)38(34)44-42(49)45-39-37(36-23-12-24-43-40(36)47(7)41(39)48)33-20-10-16-31(26-33)19-13-25-46(6)27-32-17-8-14-30(5)15-9-18-32;;/h8-12,14,16-18,20-24,26,28-30H,15,25,27H2,1-7H3,(H2,44,45,49);2*1H/b14-8-,18-9+,32-17+;;. The number of fused-ring (bicyclic) bond motifs is 1. The quantitative estimate of drug-likeness (QED) is 0.185. The van der Waals surface area contributed by atoms with Crippen LogP contribution < -0.4 is 16.2 Å². The molecule has 1 atom stereocenters. The van der Waals surface area contributed by atoms with E-state index in [0.29, 0.717) is 23.7 Å². The molecule has 0 fully saturated rings. The fraction of sp³-hybridized carbons (Fsp3) is 0.310. The number of carbonyl (C=O) groups excluding carboxylic acids is 1. The van der Waals surface area contributed by atoms with Gasteiger partial charge in [0, 0.05) is 44.8 Å². The van der Waals surface area contributed by atoms with E-state index < -0.39 is 6.03 Å². The summed E-state index contributed by atoms with van der Waals surface area (Å²) in [5.41, 5.74) is 6.65. The number of hydrogen-bond donors (Lipinski definition) is 2. The molecule has 2 aromatic carbocycles. The lowest BCUT2D eigenvalue weighted by Crippen LogP contribution is -2.29. The summed E-state index contributed by atoms with van der Waals surface area (Å²) in [4.78, 5) is 34.4. The molecule has 256 valence electrons. The van der Waals surface area contributed by atoms with Gasteiger partial charge >= 0.3 is 6.03 Å². The molecule has 2 heterocycles. The van der Waals surface area contributed by atoms with Crippen LogP contribution in [0.5, 0.6) is 0 Å². The first kappa shape index (κ1) is 35.1. The lowest BCUT2D eigenvalue weighted by atomic mass is 9.93. The van der Waals surface area contributed by atoms with Gasteiger partial charge in [0.25, 0.3) is 5.56 Å². The molecule has 0 saturated heterocycles. The van der Waals surface area contributed by atoms with Crippen LogP contribution in [0.2, 0.25) is 0 Å². The minimum Gasteiger partial charge on any atom is -0.307 e. The molecule has 0 saturated carbocycles. The zero-order valence-corrected chi connectivity index (χ0v) is 29.7. The zero-order valence-electron chi connectivity index (χ0n) is 29.7. The van der Waals surface area contributed by atoms with E-state index in [1.807, 2.05) is 54.6 Å². The lowest BCUT2D eigenvalue weighted by Gasteiger charge is -2.21. The van der Waals surface area contributed by atoms with Crippen molar-refractivity contribution in [1.82, 2.24) is 14.5 Å². The first-order chi connectivity index (χ1) is 23.5. The van der Waals surface area contributed by atoms with E-state index in [-0.39, 0.29) is 25.9 Å². The van der Waals surface area contributed by atoms with Crippen molar-refractivity contribution in [2.24, 2.45) is 13.0 Å². The maximum absolute atomic E-state index is 13.9. The van der Waals surface area contributed by atoms with Crippen molar-refractivity contribution in [3.05, 3.63) is 124 Å². The van der Waals surface area contributed by atoms with Crippen LogP contribution in [0.4, 0.5) is 16.2 Å². The van der Waals surface area contributed by atoms with Crippen LogP contribution in [-0.4, -0.2) is 40.6 Å². The predicted octanol–water partition coefficient (Wildman–Crippen LogP) is 9.35. The van der Waals surface area contributed by atoms with Gasteiger partial charge in [-0.25, -0.2) is 9.78 Å². The molecule has 7 nitrogen and oxygen atoms in total. The van der Waals surface area contributed by atoms with Crippen molar-refractivity contribution in [1.29, 1.82) is 0 Å². The first-order valence-corrected chi connectivity index (χ1v) is 17.0.